The van der Waals surface area contributed by atoms with Crippen molar-refractivity contribution in [1.29, 1.82) is 0 Å². The fourth-order valence-corrected chi connectivity index (χ4v) is 5.55. The number of nitrogens with zero attached hydrogens (tertiary/aromatic N) is 3. The lowest BCUT2D eigenvalue weighted by atomic mass is 10.0. The maximum absolute atomic E-state index is 13.2. The van der Waals surface area contributed by atoms with Gasteiger partial charge in [-0.25, -0.2) is 4.68 Å². The second kappa shape index (κ2) is 13.1. The largest absolute Gasteiger partial charge is 0.493 e. The van der Waals surface area contributed by atoms with Crippen molar-refractivity contribution in [2.24, 2.45) is 0 Å². The van der Waals surface area contributed by atoms with Crippen LogP contribution in [-0.4, -0.2) is 38.1 Å². The molecule has 0 atom stereocenters. The molecule has 0 N–H and O–H groups in total. The molecule has 4 rings (SSSR count). The molecule has 3 aromatic rings. The van der Waals surface area contributed by atoms with Gasteiger partial charge >= 0.3 is 0 Å². The summed E-state index contributed by atoms with van der Waals surface area (Å²) in [6.07, 6.45) is 10.5. The van der Waals surface area contributed by atoms with Crippen LogP contribution in [0.25, 0.3) is 23.0 Å². The number of thioether (sulfide) groups is 1. The highest BCUT2D eigenvalue weighted by atomic mass is 32.2. The zero-order valence-electron chi connectivity index (χ0n) is 21.9. The van der Waals surface area contributed by atoms with Crippen LogP contribution in [0.3, 0.4) is 0 Å². The third-order valence-corrected chi connectivity index (χ3v) is 7.74. The van der Waals surface area contributed by atoms with Crippen LogP contribution >= 0.6 is 24.0 Å². The molecule has 0 unspecified atom stereocenters. The minimum absolute atomic E-state index is 0.0132. The summed E-state index contributed by atoms with van der Waals surface area (Å²) in [4.78, 5) is 15.6. The zero-order valence-corrected chi connectivity index (χ0v) is 23.5. The van der Waals surface area contributed by atoms with E-state index in [1.807, 2.05) is 59.4 Å². The molecule has 1 aliphatic rings. The molecule has 1 saturated heterocycles. The normalized spacial score (nSPS) is 14.7. The summed E-state index contributed by atoms with van der Waals surface area (Å²) in [7, 11) is 0. The number of thiocarbonyl (C=S) groups is 1. The van der Waals surface area contributed by atoms with Crippen LogP contribution in [0.2, 0.25) is 0 Å². The van der Waals surface area contributed by atoms with Crippen LogP contribution in [0.1, 0.15) is 63.5 Å². The van der Waals surface area contributed by atoms with Gasteiger partial charge in [0.25, 0.3) is 5.91 Å². The third-order valence-electron chi connectivity index (χ3n) is 6.36. The van der Waals surface area contributed by atoms with Crippen LogP contribution in [0.4, 0.5) is 0 Å². The molecule has 1 aromatic heterocycles. The highest BCUT2D eigenvalue weighted by Crippen LogP contribution is 2.36. The Morgan fingerprint density at radius 3 is 2.54 bits per heavy atom. The molecular formula is C30H35N3O2S2. The Kier molecular flexibility index (Phi) is 9.58. The van der Waals surface area contributed by atoms with Gasteiger partial charge in [0.1, 0.15) is 15.8 Å². The van der Waals surface area contributed by atoms with Crippen molar-refractivity contribution in [1.82, 2.24) is 14.7 Å². The molecule has 0 spiro atoms. The Hall–Kier alpha value is -2.90. The Balaban J connectivity index is 1.66. The standard InChI is InChI=1S/C30H35N3O2S2/c1-4-6-8-12-17-32-29(34)27(37-30(32)36)20-24-21-33(25-13-10-9-11-14-25)31-28(24)23-15-16-26(22(3)19-23)35-18-7-5-2/h9-11,13-16,19-21H,4-8,12,17-18H2,1-3H3/b27-20-. The number of hydrogen-bond acceptors (Lipinski definition) is 5. The number of aromatic nitrogens is 2. The van der Waals surface area contributed by atoms with Crippen LogP contribution in [0, 0.1) is 6.92 Å². The highest BCUT2D eigenvalue weighted by Gasteiger charge is 2.32. The average Bonchev–Trinajstić information content (AvgIpc) is 3.44. The number of rotatable bonds is 12. The van der Waals surface area contributed by atoms with Crippen LogP contribution in [0.15, 0.2) is 59.6 Å². The molecule has 1 amide bonds. The van der Waals surface area contributed by atoms with E-state index in [9.17, 15) is 4.79 Å². The summed E-state index contributed by atoms with van der Waals surface area (Å²) in [5.41, 5.74) is 4.71. The van der Waals surface area contributed by atoms with E-state index in [1.165, 1.54) is 18.2 Å². The van der Waals surface area contributed by atoms with Gasteiger partial charge in [-0.05, 0) is 61.7 Å². The van der Waals surface area contributed by atoms with Gasteiger partial charge in [0.2, 0.25) is 0 Å². The molecule has 5 nitrogen and oxygen atoms in total. The van der Waals surface area contributed by atoms with Crippen molar-refractivity contribution in [3.63, 3.8) is 0 Å². The van der Waals surface area contributed by atoms with Crippen molar-refractivity contribution in [3.8, 4) is 22.7 Å². The molecule has 1 fully saturated rings. The number of para-hydroxylation sites is 1. The minimum Gasteiger partial charge on any atom is -0.493 e. The maximum atomic E-state index is 13.2. The first-order valence-corrected chi connectivity index (χ1v) is 14.4. The molecule has 7 heteroatoms. The fraction of sp³-hybridized carbons (Fsp3) is 0.367. The quantitative estimate of drug-likeness (QED) is 0.135. The molecule has 37 heavy (non-hydrogen) atoms. The van der Waals surface area contributed by atoms with E-state index in [0.29, 0.717) is 22.4 Å². The number of hydrogen-bond donors (Lipinski definition) is 0. The number of benzene rings is 2. The first-order valence-electron chi connectivity index (χ1n) is 13.2. The summed E-state index contributed by atoms with van der Waals surface area (Å²) < 4.78 is 8.46. The molecule has 1 aliphatic heterocycles. The molecule has 0 radical (unpaired) electrons. The van der Waals surface area contributed by atoms with Gasteiger partial charge in [-0.1, -0.05) is 81.7 Å². The summed E-state index contributed by atoms with van der Waals surface area (Å²) in [6, 6.07) is 16.2. The number of carbonyl (C=O) groups excluding carboxylic acids is 1. The lowest BCUT2D eigenvalue weighted by Crippen LogP contribution is -2.29. The minimum atomic E-state index is -0.0132. The number of carbonyl (C=O) groups is 1. The van der Waals surface area contributed by atoms with Gasteiger partial charge in [-0.3, -0.25) is 9.69 Å². The van der Waals surface area contributed by atoms with E-state index in [2.05, 4.69) is 26.8 Å². The molecule has 0 aliphatic carbocycles. The van der Waals surface area contributed by atoms with Crippen molar-refractivity contribution in [2.45, 2.75) is 59.3 Å². The van der Waals surface area contributed by atoms with Crippen molar-refractivity contribution >= 4 is 40.3 Å². The maximum Gasteiger partial charge on any atom is 0.266 e. The lowest BCUT2D eigenvalue weighted by molar-refractivity contribution is -0.122. The van der Waals surface area contributed by atoms with Crippen molar-refractivity contribution in [3.05, 3.63) is 70.8 Å². The van der Waals surface area contributed by atoms with E-state index < -0.39 is 0 Å². The summed E-state index contributed by atoms with van der Waals surface area (Å²) in [6.45, 7) is 7.79. The SMILES string of the molecule is CCCCCCN1C(=O)/C(=C/c2cn(-c3ccccc3)nc2-c2ccc(OCCCC)c(C)c2)SC1=S. The van der Waals surface area contributed by atoms with E-state index in [4.69, 9.17) is 22.1 Å². The Bertz CT molecular complexity index is 1270. The van der Waals surface area contributed by atoms with E-state index in [-0.39, 0.29) is 5.91 Å². The Labute approximate surface area is 229 Å². The first-order chi connectivity index (χ1) is 18.0. The predicted molar refractivity (Wildman–Crippen MR) is 158 cm³/mol. The van der Waals surface area contributed by atoms with Crippen LogP contribution in [0.5, 0.6) is 5.75 Å². The fourth-order valence-electron chi connectivity index (χ4n) is 4.25. The highest BCUT2D eigenvalue weighted by molar-refractivity contribution is 8.26. The summed E-state index contributed by atoms with van der Waals surface area (Å²) >= 11 is 6.94. The average molecular weight is 534 g/mol. The van der Waals surface area contributed by atoms with Gasteiger partial charge < -0.3 is 4.74 Å². The number of unbranched alkanes of at least 4 members (excludes halogenated alkanes) is 4. The molecule has 0 saturated carbocycles. The second-order valence-corrected chi connectivity index (χ2v) is 11.0. The van der Waals surface area contributed by atoms with Gasteiger partial charge in [-0.15, -0.1) is 0 Å². The van der Waals surface area contributed by atoms with Crippen molar-refractivity contribution < 1.29 is 9.53 Å². The van der Waals surface area contributed by atoms with Gasteiger partial charge in [0, 0.05) is 23.9 Å². The predicted octanol–water partition coefficient (Wildman–Crippen LogP) is 7.81. The zero-order chi connectivity index (χ0) is 26.2. The number of amides is 1. The topological polar surface area (TPSA) is 47.4 Å². The number of ether oxygens (including phenoxy) is 1. The number of aryl methyl sites for hydroxylation is 1. The molecule has 194 valence electrons. The Morgan fingerprint density at radius 2 is 1.81 bits per heavy atom. The summed E-state index contributed by atoms with van der Waals surface area (Å²) in [5.74, 6) is 0.881. The molecule has 0 bridgehead atoms. The van der Waals surface area contributed by atoms with Crippen molar-refractivity contribution in [2.75, 3.05) is 13.2 Å². The van der Waals surface area contributed by atoms with Crippen LogP contribution in [-0.2, 0) is 4.79 Å². The lowest BCUT2D eigenvalue weighted by Gasteiger charge is -2.13. The first kappa shape index (κ1) is 27.1. The Morgan fingerprint density at radius 1 is 1.03 bits per heavy atom. The summed E-state index contributed by atoms with van der Waals surface area (Å²) in [5, 5.41) is 4.94. The monoisotopic (exact) mass is 533 g/mol. The smallest absolute Gasteiger partial charge is 0.266 e. The third kappa shape index (κ3) is 6.70. The molecule has 2 heterocycles. The molecule has 2 aromatic carbocycles. The van der Waals surface area contributed by atoms with E-state index >= 15 is 0 Å². The van der Waals surface area contributed by atoms with Crippen LogP contribution < -0.4 is 4.74 Å². The van der Waals surface area contributed by atoms with Gasteiger partial charge in [0.15, 0.2) is 0 Å². The van der Waals surface area contributed by atoms with E-state index in [0.717, 1.165) is 65.9 Å². The second-order valence-electron chi connectivity index (χ2n) is 9.29. The van der Waals surface area contributed by atoms with E-state index in [1.54, 1.807) is 4.90 Å². The van der Waals surface area contributed by atoms with Gasteiger partial charge in [-0.2, -0.15) is 5.10 Å². The molecular weight excluding hydrogens is 498 g/mol. The van der Waals surface area contributed by atoms with Gasteiger partial charge in [0.05, 0.1) is 17.2 Å².